The van der Waals surface area contributed by atoms with Crippen LogP contribution < -0.4 is 0 Å². The number of methoxy groups -OCH3 is 1. The van der Waals surface area contributed by atoms with Gasteiger partial charge in [0.2, 0.25) is 0 Å². The van der Waals surface area contributed by atoms with Crippen molar-refractivity contribution in [2.24, 2.45) is 0 Å². The van der Waals surface area contributed by atoms with E-state index in [0.717, 1.165) is 12.0 Å². The van der Waals surface area contributed by atoms with Gasteiger partial charge in [0, 0.05) is 6.42 Å². The zero-order valence-corrected chi connectivity index (χ0v) is 19.1. The Morgan fingerprint density at radius 2 is 1.67 bits per heavy atom. The molecule has 0 heterocycles. The fourth-order valence-corrected chi connectivity index (χ4v) is 3.34. The lowest BCUT2D eigenvalue weighted by molar-refractivity contribution is -0.140. The average Bonchev–Trinajstić information content (AvgIpc) is 2.57. The summed E-state index contributed by atoms with van der Waals surface area (Å²) >= 11 is 0. The average molecular weight is 395 g/mol. The van der Waals surface area contributed by atoms with Crippen molar-refractivity contribution in [3.05, 3.63) is 48.1 Å². The SMILES string of the molecule is COC(=O)CC/C(C)=C/[C@H](C/C=C/C=C/C=C/CO)O[Si](C)(C)C(C)(C)C. The van der Waals surface area contributed by atoms with Gasteiger partial charge < -0.3 is 14.3 Å². The Morgan fingerprint density at radius 1 is 1.07 bits per heavy atom. The summed E-state index contributed by atoms with van der Waals surface area (Å²) in [6, 6.07) is 0. The number of rotatable bonds is 11. The molecule has 1 N–H and O–H groups in total. The summed E-state index contributed by atoms with van der Waals surface area (Å²) in [4.78, 5) is 11.4. The van der Waals surface area contributed by atoms with Crippen molar-refractivity contribution in [2.75, 3.05) is 13.7 Å². The fourth-order valence-electron chi connectivity index (χ4n) is 2.07. The van der Waals surface area contributed by atoms with Gasteiger partial charge in [-0.25, -0.2) is 0 Å². The first-order valence-corrected chi connectivity index (χ1v) is 12.5. The molecule has 0 saturated heterocycles. The number of aliphatic hydroxyl groups is 1. The van der Waals surface area contributed by atoms with Crippen LogP contribution >= 0.6 is 0 Å². The fraction of sp³-hybridized carbons (Fsp3) is 0.591. The highest BCUT2D eigenvalue weighted by molar-refractivity contribution is 6.74. The molecule has 154 valence electrons. The Morgan fingerprint density at radius 3 is 2.19 bits per heavy atom. The molecular formula is C22H38O4Si. The monoisotopic (exact) mass is 394 g/mol. The maximum Gasteiger partial charge on any atom is 0.305 e. The number of carbonyl (C=O) groups is 1. The number of carbonyl (C=O) groups excluding carboxylic acids is 1. The van der Waals surface area contributed by atoms with Gasteiger partial charge >= 0.3 is 5.97 Å². The molecule has 0 aliphatic rings. The molecule has 0 aromatic heterocycles. The standard InChI is InChI=1S/C22H38O4Si/c1-19(15-16-21(24)25-5)18-20(26-27(6,7)22(2,3)4)14-12-10-8-9-11-13-17-23/h8-13,18,20,23H,14-17H2,1-7H3/b9-8+,12-10+,13-11+,19-18+/t20-/m0/s1. The Balaban J connectivity index is 5.09. The zero-order chi connectivity index (χ0) is 20.9. The van der Waals surface area contributed by atoms with Crippen LogP contribution in [0.5, 0.6) is 0 Å². The van der Waals surface area contributed by atoms with Crippen LogP contribution in [0.3, 0.4) is 0 Å². The third-order valence-electron chi connectivity index (χ3n) is 4.75. The van der Waals surface area contributed by atoms with Crippen LogP contribution in [-0.4, -0.2) is 39.2 Å². The molecule has 0 saturated carbocycles. The van der Waals surface area contributed by atoms with Gasteiger partial charge in [-0.15, -0.1) is 0 Å². The van der Waals surface area contributed by atoms with E-state index in [-0.39, 0.29) is 23.7 Å². The van der Waals surface area contributed by atoms with Crippen LogP contribution in [0.1, 0.15) is 47.0 Å². The molecule has 0 radical (unpaired) electrons. The predicted octanol–water partition coefficient (Wildman–Crippen LogP) is 5.33. The molecule has 0 fully saturated rings. The van der Waals surface area contributed by atoms with Gasteiger partial charge in [0.25, 0.3) is 0 Å². The van der Waals surface area contributed by atoms with Crippen molar-refractivity contribution in [3.8, 4) is 0 Å². The van der Waals surface area contributed by atoms with Gasteiger partial charge in [-0.2, -0.15) is 0 Å². The van der Waals surface area contributed by atoms with Crippen LogP contribution in [0.15, 0.2) is 48.1 Å². The number of hydrogen-bond acceptors (Lipinski definition) is 4. The van der Waals surface area contributed by atoms with Crippen molar-refractivity contribution in [3.63, 3.8) is 0 Å². The molecule has 0 aromatic carbocycles. The third-order valence-corrected chi connectivity index (χ3v) is 9.26. The van der Waals surface area contributed by atoms with E-state index in [0.29, 0.717) is 12.8 Å². The molecular weight excluding hydrogens is 356 g/mol. The first-order chi connectivity index (χ1) is 12.5. The summed E-state index contributed by atoms with van der Waals surface area (Å²) in [5.74, 6) is -0.189. The molecule has 0 aliphatic carbocycles. The number of allylic oxidation sites excluding steroid dienone is 5. The van der Waals surface area contributed by atoms with Crippen molar-refractivity contribution in [1.82, 2.24) is 0 Å². The van der Waals surface area contributed by atoms with Gasteiger partial charge in [-0.1, -0.05) is 68.9 Å². The maximum atomic E-state index is 11.4. The minimum atomic E-state index is -1.90. The van der Waals surface area contributed by atoms with E-state index in [9.17, 15) is 4.79 Å². The second-order valence-electron chi connectivity index (χ2n) is 8.17. The summed E-state index contributed by atoms with van der Waals surface area (Å²) in [7, 11) is -0.484. The topological polar surface area (TPSA) is 55.8 Å². The van der Waals surface area contributed by atoms with E-state index in [2.05, 4.69) is 46.0 Å². The first-order valence-electron chi connectivity index (χ1n) is 9.54. The number of hydrogen-bond donors (Lipinski definition) is 1. The summed E-state index contributed by atoms with van der Waals surface area (Å²) < 4.78 is 11.3. The lowest BCUT2D eigenvalue weighted by atomic mass is 10.1. The molecule has 0 bridgehead atoms. The lowest BCUT2D eigenvalue weighted by Crippen LogP contribution is -2.43. The second kappa shape index (κ2) is 12.9. The number of ether oxygens (including phenoxy) is 1. The van der Waals surface area contributed by atoms with Crippen LogP contribution in [0.4, 0.5) is 0 Å². The van der Waals surface area contributed by atoms with Crippen LogP contribution in [0, 0.1) is 0 Å². The second-order valence-corrected chi connectivity index (χ2v) is 12.9. The van der Waals surface area contributed by atoms with E-state index >= 15 is 0 Å². The first kappa shape index (κ1) is 25.6. The van der Waals surface area contributed by atoms with E-state index < -0.39 is 8.32 Å². The zero-order valence-electron chi connectivity index (χ0n) is 18.1. The molecule has 0 aromatic rings. The molecule has 0 rings (SSSR count). The molecule has 0 amide bonds. The van der Waals surface area contributed by atoms with Gasteiger partial charge in [0.1, 0.15) is 0 Å². The largest absolute Gasteiger partial charge is 0.469 e. The van der Waals surface area contributed by atoms with Crippen molar-refractivity contribution in [1.29, 1.82) is 0 Å². The van der Waals surface area contributed by atoms with E-state index in [4.69, 9.17) is 14.3 Å². The van der Waals surface area contributed by atoms with Gasteiger partial charge in [0.05, 0.1) is 19.8 Å². The highest BCUT2D eigenvalue weighted by Gasteiger charge is 2.38. The Hall–Kier alpha value is -1.43. The number of aliphatic hydroxyl groups excluding tert-OH is 1. The highest BCUT2D eigenvalue weighted by Crippen LogP contribution is 2.38. The van der Waals surface area contributed by atoms with Crippen LogP contribution in [0.2, 0.25) is 18.1 Å². The van der Waals surface area contributed by atoms with Crippen molar-refractivity contribution < 1.29 is 19.1 Å². The minimum absolute atomic E-state index is 0.0128. The van der Waals surface area contributed by atoms with Gasteiger partial charge in [-0.05, 0) is 37.9 Å². The summed E-state index contributed by atoms with van der Waals surface area (Å²) in [6.07, 6.45) is 15.4. The summed E-state index contributed by atoms with van der Waals surface area (Å²) in [6.45, 7) is 13.3. The summed E-state index contributed by atoms with van der Waals surface area (Å²) in [5.41, 5.74) is 1.14. The Kier molecular flexibility index (Phi) is 12.2. The Labute approximate surface area is 166 Å². The van der Waals surface area contributed by atoms with Crippen LogP contribution in [0.25, 0.3) is 0 Å². The predicted molar refractivity (Wildman–Crippen MR) is 116 cm³/mol. The normalized spacial score (nSPS) is 15.2. The molecule has 27 heavy (non-hydrogen) atoms. The number of esters is 1. The molecule has 0 unspecified atom stereocenters. The quantitative estimate of drug-likeness (QED) is 0.223. The molecule has 0 aliphatic heterocycles. The molecule has 1 atom stereocenters. The highest BCUT2D eigenvalue weighted by atomic mass is 28.4. The molecule has 5 heteroatoms. The Bertz CT molecular complexity index is 551. The van der Waals surface area contributed by atoms with Crippen molar-refractivity contribution >= 4 is 14.3 Å². The molecule has 4 nitrogen and oxygen atoms in total. The molecule has 0 spiro atoms. The minimum Gasteiger partial charge on any atom is -0.469 e. The lowest BCUT2D eigenvalue weighted by Gasteiger charge is -2.38. The van der Waals surface area contributed by atoms with Gasteiger partial charge in [0.15, 0.2) is 8.32 Å². The van der Waals surface area contributed by atoms with Crippen LogP contribution in [-0.2, 0) is 14.0 Å². The van der Waals surface area contributed by atoms with E-state index in [1.807, 2.05) is 31.2 Å². The van der Waals surface area contributed by atoms with E-state index in [1.54, 1.807) is 6.08 Å². The van der Waals surface area contributed by atoms with Crippen molar-refractivity contribution in [2.45, 2.75) is 71.2 Å². The maximum absolute atomic E-state index is 11.4. The van der Waals surface area contributed by atoms with Gasteiger partial charge in [-0.3, -0.25) is 4.79 Å². The van der Waals surface area contributed by atoms with E-state index in [1.165, 1.54) is 7.11 Å². The smallest absolute Gasteiger partial charge is 0.305 e. The third kappa shape index (κ3) is 11.8. The summed E-state index contributed by atoms with van der Waals surface area (Å²) in [5, 5.41) is 8.84.